The predicted octanol–water partition coefficient (Wildman–Crippen LogP) is 3.29. The molecule has 1 saturated carbocycles. The van der Waals surface area contributed by atoms with Crippen LogP contribution in [0.4, 0.5) is 30.6 Å². The molecule has 1 amide bonds. The molecule has 4 heterocycles. The first-order chi connectivity index (χ1) is 15.9. The van der Waals surface area contributed by atoms with E-state index in [1.165, 1.54) is 0 Å². The molecule has 3 aromatic heterocycles. The van der Waals surface area contributed by atoms with E-state index in [0.717, 1.165) is 25.0 Å². The highest BCUT2D eigenvalue weighted by atomic mass is 19.4. The smallest absolute Gasteiger partial charge is 0.367 e. The number of hydrogen-bond donors (Lipinski definition) is 2. The van der Waals surface area contributed by atoms with Crippen LogP contribution < -0.4 is 15.5 Å². The largest absolute Gasteiger partial charge is 0.436 e. The van der Waals surface area contributed by atoms with E-state index in [1.807, 2.05) is 12.1 Å². The Labute approximate surface area is 186 Å². The van der Waals surface area contributed by atoms with Crippen LogP contribution in [-0.4, -0.2) is 43.1 Å². The van der Waals surface area contributed by atoms with E-state index >= 15 is 0 Å². The first-order valence-electron chi connectivity index (χ1n) is 10.4. The summed E-state index contributed by atoms with van der Waals surface area (Å²) in [6.45, 7) is 0.417. The average molecular weight is 456 g/mol. The van der Waals surface area contributed by atoms with Crippen molar-refractivity contribution in [3.63, 3.8) is 0 Å². The fraction of sp³-hybridized carbons (Fsp3) is 0.333. The van der Waals surface area contributed by atoms with Gasteiger partial charge in [-0.2, -0.15) is 13.2 Å². The molecular formula is C21H19F3N8O. The van der Waals surface area contributed by atoms with Gasteiger partial charge in [-0.25, -0.2) is 9.97 Å². The molecule has 0 radical (unpaired) electrons. The van der Waals surface area contributed by atoms with Crippen molar-refractivity contribution >= 4 is 23.4 Å². The number of nitrogens with one attached hydrogen (secondary N) is 2. The molecule has 2 atom stereocenters. The zero-order valence-electron chi connectivity index (χ0n) is 17.3. The van der Waals surface area contributed by atoms with Gasteiger partial charge in [-0.15, -0.1) is 10.2 Å². The maximum absolute atomic E-state index is 12.6. The predicted molar refractivity (Wildman–Crippen MR) is 112 cm³/mol. The number of anilines is 3. The lowest BCUT2D eigenvalue weighted by atomic mass is 10.2. The van der Waals surface area contributed by atoms with Crippen molar-refractivity contribution in [2.75, 3.05) is 15.5 Å². The number of rotatable bonds is 5. The van der Waals surface area contributed by atoms with Gasteiger partial charge >= 0.3 is 6.18 Å². The van der Waals surface area contributed by atoms with Crippen molar-refractivity contribution in [1.82, 2.24) is 25.1 Å². The van der Waals surface area contributed by atoms with Gasteiger partial charge in [0.2, 0.25) is 5.95 Å². The van der Waals surface area contributed by atoms with Gasteiger partial charge in [0, 0.05) is 18.3 Å². The molecule has 1 fully saturated rings. The number of hydrogen-bond acceptors (Lipinski definition) is 8. The van der Waals surface area contributed by atoms with Crippen LogP contribution >= 0.6 is 0 Å². The molecule has 1 aliphatic heterocycles. The number of carbonyl (C=O) groups excluding carboxylic acids is 1. The number of aromatic nitrogens is 5. The highest BCUT2D eigenvalue weighted by Gasteiger charge is 2.34. The Bertz CT molecular complexity index is 1150. The normalized spacial score (nSPS) is 20.1. The number of halogens is 3. The Hall–Kier alpha value is -3.83. The Morgan fingerprint density at radius 1 is 0.970 bits per heavy atom. The lowest BCUT2D eigenvalue weighted by molar-refractivity contribution is -0.142. The van der Waals surface area contributed by atoms with Crippen LogP contribution in [0.25, 0.3) is 0 Å². The van der Waals surface area contributed by atoms with Gasteiger partial charge in [-0.1, -0.05) is 0 Å². The third-order valence-electron chi connectivity index (χ3n) is 5.70. The lowest BCUT2D eigenvalue weighted by Gasteiger charge is -2.17. The van der Waals surface area contributed by atoms with Crippen molar-refractivity contribution in [2.45, 2.75) is 44.1 Å². The quantitative estimate of drug-likeness (QED) is 0.602. The van der Waals surface area contributed by atoms with E-state index in [-0.39, 0.29) is 23.9 Å². The van der Waals surface area contributed by atoms with Crippen molar-refractivity contribution in [2.24, 2.45) is 0 Å². The molecule has 5 rings (SSSR count). The molecule has 1 aliphatic carbocycles. The maximum Gasteiger partial charge on any atom is 0.436 e. The van der Waals surface area contributed by atoms with Crippen LogP contribution in [0.2, 0.25) is 0 Å². The Balaban J connectivity index is 1.16. The van der Waals surface area contributed by atoms with Gasteiger partial charge in [0.1, 0.15) is 5.82 Å². The number of carbonyl (C=O) groups is 1. The molecule has 0 spiro atoms. The highest BCUT2D eigenvalue weighted by molar-refractivity contribution is 6.09. The van der Waals surface area contributed by atoms with E-state index in [1.54, 1.807) is 29.4 Å². The summed E-state index contributed by atoms with van der Waals surface area (Å²) in [4.78, 5) is 26.6. The van der Waals surface area contributed by atoms with Crippen LogP contribution in [-0.2, 0) is 12.7 Å². The summed E-state index contributed by atoms with van der Waals surface area (Å²) in [5, 5.41) is 13.1. The van der Waals surface area contributed by atoms with Gasteiger partial charge in [0.25, 0.3) is 5.91 Å². The zero-order chi connectivity index (χ0) is 23.0. The van der Waals surface area contributed by atoms with Crippen LogP contribution in [0.1, 0.15) is 41.0 Å². The van der Waals surface area contributed by atoms with Gasteiger partial charge in [0.15, 0.2) is 5.69 Å². The topological polar surface area (TPSA) is 109 Å². The van der Waals surface area contributed by atoms with E-state index < -0.39 is 11.9 Å². The summed E-state index contributed by atoms with van der Waals surface area (Å²) in [6.07, 6.45) is 1.80. The number of fused-ring (bicyclic) bond motifs is 1. The van der Waals surface area contributed by atoms with Crippen molar-refractivity contribution in [3.8, 4) is 0 Å². The van der Waals surface area contributed by atoms with Crippen LogP contribution in [0.3, 0.4) is 0 Å². The minimum absolute atomic E-state index is 0.00790. The summed E-state index contributed by atoms with van der Waals surface area (Å²) in [7, 11) is 0. The summed E-state index contributed by atoms with van der Waals surface area (Å²) in [6, 6.07) is 7.31. The Kier molecular flexibility index (Phi) is 5.27. The number of amides is 1. The first kappa shape index (κ1) is 21.0. The van der Waals surface area contributed by atoms with E-state index in [0.29, 0.717) is 29.8 Å². The van der Waals surface area contributed by atoms with Crippen molar-refractivity contribution in [3.05, 3.63) is 59.8 Å². The fourth-order valence-electron chi connectivity index (χ4n) is 4.07. The molecule has 2 N–H and O–H groups in total. The SMILES string of the molecule is O=C1c2cccnc2CN1c1ccc(N[C@H]2CC[C@H](Nc3ncc(C(F)(F)F)nn3)C2)nc1. The maximum atomic E-state index is 12.6. The first-order valence-corrected chi connectivity index (χ1v) is 10.4. The summed E-state index contributed by atoms with van der Waals surface area (Å²) < 4.78 is 37.7. The molecule has 0 saturated heterocycles. The molecule has 12 heteroatoms. The molecule has 0 unspecified atom stereocenters. The van der Waals surface area contributed by atoms with Crippen LogP contribution in [0.15, 0.2) is 42.9 Å². The Morgan fingerprint density at radius 2 is 1.79 bits per heavy atom. The molecule has 0 aromatic carbocycles. The van der Waals surface area contributed by atoms with Gasteiger partial charge in [0.05, 0.1) is 35.9 Å². The number of alkyl halides is 3. The number of nitrogens with zero attached hydrogens (tertiary/aromatic N) is 6. The van der Waals surface area contributed by atoms with Crippen LogP contribution in [0, 0.1) is 0 Å². The molecule has 170 valence electrons. The van der Waals surface area contributed by atoms with Gasteiger partial charge in [-0.3, -0.25) is 9.78 Å². The monoisotopic (exact) mass is 456 g/mol. The second-order valence-electron chi connectivity index (χ2n) is 7.95. The highest BCUT2D eigenvalue weighted by Crippen LogP contribution is 2.29. The summed E-state index contributed by atoms with van der Waals surface area (Å²) in [5.74, 6) is 0.659. The fourth-order valence-corrected chi connectivity index (χ4v) is 4.07. The Morgan fingerprint density at radius 3 is 2.45 bits per heavy atom. The minimum Gasteiger partial charge on any atom is -0.367 e. The van der Waals surface area contributed by atoms with Crippen LogP contribution in [0.5, 0.6) is 0 Å². The summed E-state index contributed by atoms with van der Waals surface area (Å²) >= 11 is 0. The standard InChI is InChI=1S/C21H19F3N8O/c22-21(23,24)17-10-27-20(31-30-17)29-13-4-3-12(8-13)28-18-6-5-14(9-26-18)32-11-16-15(19(32)33)2-1-7-25-16/h1-2,5-7,9-10,12-13H,3-4,8,11H2,(H,26,28)(H,27,29,31)/t12-,13-/m0/s1. The molecule has 0 bridgehead atoms. The van der Waals surface area contributed by atoms with E-state index in [4.69, 9.17) is 0 Å². The second kappa shape index (κ2) is 8.26. The lowest BCUT2D eigenvalue weighted by Crippen LogP contribution is -2.24. The molecule has 9 nitrogen and oxygen atoms in total. The molecule has 3 aromatic rings. The van der Waals surface area contributed by atoms with Gasteiger partial charge < -0.3 is 15.5 Å². The third-order valence-corrected chi connectivity index (χ3v) is 5.70. The number of pyridine rings is 2. The minimum atomic E-state index is -4.56. The molecular weight excluding hydrogens is 437 g/mol. The van der Waals surface area contributed by atoms with Gasteiger partial charge in [-0.05, 0) is 43.5 Å². The van der Waals surface area contributed by atoms with E-state index in [9.17, 15) is 18.0 Å². The molecule has 2 aliphatic rings. The molecule has 33 heavy (non-hydrogen) atoms. The zero-order valence-corrected chi connectivity index (χ0v) is 17.3. The summed E-state index contributed by atoms with van der Waals surface area (Å²) in [5.41, 5.74) is 0.934. The average Bonchev–Trinajstić information content (AvgIpc) is 3.38. The van der Waals surface area contributed by atoms with Crippen molar-refractivity contribution in [1.29, 1.82) is 0 Å². The van der Waals surface area contributed by atoms with E-state index in [2.05, 4.69) is 35.8 Å². The van der Waals surface area contributed by atoms with Crippen molar-refractivity contribution < 1.29 is 18.0 Å². The third kappa shape index (κ3) is 4.41. The second-order valence-corrected chi connectivity index (χ2v) is 7.95.